The van der Waals surface area contributed by atoms with Crippen LogP contribution in [0.2, 0.25) is 0 Å². The van der Waals surface area contributed by atoms with E-state index in [1.165, 1.54) is 7.11 Å². The molecule has 4 atom stereocenters. The summed E-state index contributed by atoms with van der Waals surface area (Å²) in [6, 6.07) is 3.49. The molecular weight excluding hydrogens is 336 g/mol. The number of nitrogens with zero attached hydrogens (tertiary/aromatic N) is 2. The van der Waals surface area contributed by atoms with Gasteiger partial charge in [-0.3, -0.25) is 14.4 Å². The number of hydrogen-bond donors (Lipinski definition) is 0. The second kappa shape index (κ2) is 8.42. The van der Waals surface area contributed by atoms with Crippen molar-refractivity contribution in [2.45, 2.75) is 45.4 Å². The van der Waals surface area contributed by atoms with E-state index in [0.29, 0.717) is 0 Å². The van der Waals surface area contributed by atoms with Crippen molar-refractivity contribution in [2.75, 3.05) is 13.7 Å². The molecule has 1 heterocycles. The highest BCUT2D eigenvalue weighted by Gasteiger charge is 2.62. The highest BCUT2D eigenvalue weighted by atomic mass is 16.7. The second-order valence-electron chi connectivity index (χ2n) is 5.23. The van der Waals surface area contributed by atoms with Crippen molar-refractivity contribution in [1.29, 1.82) is 10.5 Å². The van der Waals surface area contributed by atoms with Gasteiger partial charge in [0.2, 0.25) is 5.41 Å². The molecule has 1 fully saturated rings. The van der Waals surface area contributed by atoms with Crippen LogP contribution in [0.3, 0.4) is 0 Å². The Kier molecular flexibility index (Phi) is 6.86. The van der Waals surface area contributed by atoms with Gasteiger partial charge in [0.15, 0.2) is 18.5 Å². The maximum absolute atomic E-state index is 11.5. The fraction of sp³-hybridized carbons (Fsp3) is 0.667. The molecule has 0 aromatic rings. The first-order valence-electron chi connectivity index (χ1n) is 7.20. The van der Waals surface area contributed by atoms with Gasteiger partial charge in [-0.2, -0.15) is 10.5 Å². The molecular formula is C15H18N2O8. The van der Waals surface area contributed by atoms with Crippen LogP contribution in [0.4, 0.5) is 0 Å². The van der Waals surface area contributed by atoms with Crippen molar-refractivity contribution in [1.82, 2.24) is 0 Å². The van der Waals surface area contributed by atoms with E-state index in [1.807, 2.05) is 0 Å². The minimum atomic E-state index is -2.12. The quantitative estimate of drug-likeness (QED) is 0.481. The zero-order chi connectivity index (χ0) is 19.2. The van der Waals surface area contributed by atoms with Crippen LogP contribution in [-0.4, -0.2) is 56.2 Å². The lowest BCUT2D eigenvalue weighted by molar-refractivity contribution is -0.294. The van der Waals surface area contributed by atoms with Crippen LogP contribution in [0.5, 0.6) is 0 Å². The molecule has 25 heavy (non-hydrogen) atoms. The molecule has 10 nitrogen and oxygen atoms in total. The molecule has 0 unspecified atom stereocenters. The van der Waals surface area contributed by atoms with E-state index in [1.54, 1.807) is 12.1 Å². The van der Waals surface area contributed by atoms with E-state index in [-0.39, 0.29) is 0 Å². The van der Waals surface area contributed by atoms with Gasteiger partial charge in [0.05, 0.1) is 12.1 Å². The molecule has 0 spiro atoms. The number of esters is 3. The van der Waals surface area contributed by atoms with Crippen molar-refractivity contribution in [2.24, 2.45) is 5.41 Å². The molecule has 0 aliphatic carbocycles. The summed E-state index contributed by atoms with van der Waals surface area (Å²) in [5.41, 5.74) is -2.12. The molecule has 0 bridgehead atoms. The Hall–Kier alpha value is -2.69. The van der Waals surface area contributed by atoms with Gasteiger partial charge in [0.1, 0.15) is 12.7 Å². The highest BCUT2D eigenvalue weighted by Crippen LogP contribution is 2.41. The van der Waals surface area contributed by atoms with E-state index >= 15 is 0 Å². The van der Waals surface area contributed by atoms with Crippen LogP contribution < -0.4 is 0 Å². The largest absolute Gasteiger partial charge is 0.463 e. The lowest BCUT2D eigenvalue weighted by Crippen LogP contribution is -2.64. The summed E-state index contributed by atoms with van der Waals surface area (Å²) in [5.74, 6) is -2.22. The van der Waals surface area contributed by atoms with E-state index in [4.69, 9.17) is 23.7 Å². The summed E-state index contributed by atoms with van der Waals surface area (Å²) < 4.78 is 25.6. The first-order valence-corrected chi connectivity index (χ1v) is 7.20. The van der Waals surface area contributed by atoms with Crippen LogP contribution in [0.25, 0.3) is 0 Å². The summed E-state index contributed by atoms with van der Waals surface area (Å²) in [7, 11) is 1.22. The topological polar surface area (TPSA) is 145 Å². The zero-order valence-corrected chi connectivity index (χ0v) is 14.2. The summed E-state index contributed by atoms with van der Waals surface area (Å²) >= 11 is 0. The molecule has 1 aliphatic heterocycles. The highest BCUT2D eigenvalue weighted by molar-refractivity contribution is 5.68. The smallest absolute Gasteiger partial charge is 0.303 e. The summed E-state index contributed by atoms with van der Waals surface area (Å²) in [6.07, 6.45) is -5.45. The third-order valence-electron chi connectivity index (χ3n) is 3.43. The normalized spacial score (nSPS) is 27.3. The minimum Gasteiger partial charge on any atom is -0.463 e. The average Bonchev–Trinajstić information content (AvgIpc) is 2.53. The molecule has 0 radical (unpaired) electrons. The maximum atomic E-state index is 11.5. The number of carbonyl (C=O) groups is 3. The van der Waals surface area contributed by atoms with Crippen LogP contribution in [0.15, 0.2) is 0 Å². The Morgan fingerprint density at radius 2 is 1.52 bits per heavy atom. The van der Waals surface area contributed by atoms with Gasteiger partial charge in [0, 0.05) is 27.9 Å². The number of methoxy groups -OCH3 is 1. The van der Waals surface area contributed by atoms with E-state index in [0.717, 1.165) is 20.8 Å². The predicted molar refractivity (Wildman–Crippen MR) is 77.1 cm³/mol. The van der Waals surface area contributed by atoms with Crippen molar-refractivity contribution in [3.63, 3.8) is 0 Å². The van der Waals surface area contributed by atoms with E-state index < -0.39 is 54.5 Å². The molecule has 1 aliphatic rings. The van der Waals surface area contributed by atoms with Gasteiger partial charge < -0.3 is 23.7 Å². The SMILES string of the molecule is CO[C@H]1O[C@H](COC(C)=O)[C@@H](OC(C)=O)C(C#N)(C#N)[C@H]1OC(C)=O. The van der Waals surface area contributed by atoms with Crippen LogP contribution in [0.1, 0.15) is 20.8 Å². The fourth-order valence-corrected chi connectivity index (χ4v) is 2.44. The molecule has 0 amide bonds. The second-order valence-corrected chi connectivity index (χ2v) is 5.23. The Bertz CT molecular complexity index is 606. The fourth-order valence-electron chi connectivity index (χ4n) is 2.44. The zero-order valence-electron chi connectivity index (χ0n) is 14.2. The van der Waals surface area contributed by atoms with Crippen molar-refractivity contribution in [3.8, 4) is 12.1 Å². The Morgan fingerprint density at radius 3 is 1.92 bits per heavy atom. The minimum absolute atomic E-state index is 0.398. The van der Waals surface area contributed by atoms with Crippen LogP contribution in [-0.2, 0) is 38.1 Å². The molecule has 136 valence electrons. The monoisotopic (exact) mass is 354 g/mol. The predicted octanol–water partition coefficient (Wildman–Crippen LogP) is -0.182. The molecule has 0 saturated carbocycles. The van der Waals surface area contributed by atoms with Crippen LogP contribution in [0, 0.1) is 28.1 Å². The number of ether oxygens (including phenoxy) is 5. The number of nitriles is 2. The Morgan fingerprint density at radius 1 is 1.00 bits per heavy atom. The Labute approximate surface area is 144 Å². The van der Waals surface area contributed by atoms with Crippen molar-refractivity contribution < 1.29 is 38.1 Å². The molecule has 0 aromatic carbocycles. The average molecular weight is 354 g/mol. The third-order valence-corrected chi connectivity index (χ3v) is 3.43. The van der Waals surface area contributed by atoms with Gasteiger partial charge in [-0.1, -0.05) is 0 Å². The summed E-state index contributed by atoms with van der Waals surface area (Å²) in [6.45, 7) is 2.91. The molecule has 1 saturated heterocycles. The molecule has 1 rings (SSSR count). The lowest BCUT2D eigenvalue weighted by atomic mass is 9.74. The molecule has 0 N–H and O–H groups in total. The van der Waals surface area contributed by atoms with E-state index in [9.17, 15) is 24.9 Å². The number of rotatable bonds is 5. The van der Waals surface area contributed by atoms with Crippen LogP contribution >= 0.6 is 0 Å². The van der Waals surface area contributed by atoms with E-state index in [2.05, 4.69) is 0 Å². The van der Waals surface area contributed by atoms with Crippen molar-refractivity contribution in [3.05, 3.63) is 0 Å². The molecule has 10 heteroatoms. The van der Waals surface area contributed by atoms with Gasteiger partial charge in [-0.05, 0) is 0 Å². The number of carbonyl (C=O) groups excluding carboxylic acids is 3. The van der Waals surface area contributed by atoms with Gasteiger partial charge >= 0.3 is 17.9 Å². The first kappa shape index (κ1) is 20.4. The Balaban J connectivity index is 3.38. The van der Waals surface area contributed by atoms with Gasteiger partial charge in [-0.25, -0.2) is 0 Å². The molecule has 0 aromatic heterocycles. The maximum Gasteiger partial charge on any atom is 0.303 e. The van der Waals surface area contributed by atoms with Gasteiger partial charge in [0.25, 0.3) is 0 Å². The summed E-state index contributed by atoms with van der Waals surface area (Å²) in [5, 5.41) is 19.3. The third kappa shape index (κ3) is 4.44. The van der Waals surface area contributed by atoms with Crippen molar-refractivity contribution >= 4 is 17.9 Å². The lowest BCUT2D eigenvalue weighted by Gasteiger charge is -2.45. The summed E-state index contributed by atoms with van der Waals surface area (Å²) in [4.78, 5) is 33.9. The standard InChI is InChI=1S/C15H18N2O8/c1-8(18)22-5-11-12(23-9(2)19)15(6-16,7-17)13(24-10(3)20)14(21-4)25-11/h11-14H,5H2,1-4H3/t11-,12-,13+,14+/m1/s1. The van der Waals surface area contributed by atoms with Gasteiger partial charge in [-0.15, -0.1) is 0 Å². The number of hydrogen-bond acceptors (Lipinski definition) is 10. The first-order chi connectivity index (χ1) is 11.7.